The Balaban J connectivity index is 1.46. The third-order valence-corrected chi connectivity index (χ3v) is 6.91. The fourth-order valence-corrected chi connectivity index (χ4v) is 5.22. The third kappa shape index (κ3) is 4.41. The summed E-state index contributed by atoms with van der Waals surface area (Å²) in [4.78, 5) is 28.4. The number of methoxy groups -OCH3 is 2. The molecule has 35 heavy (non-hydrogen) atoms. The quantitative estimate of drug-likeness (QED) is 0.510. The highest BCUT2D eigenvalue weighted by Gasteiger charge is 2.33. The number of hydrogen-bond donors (Lipinski definition) is 0. The molecule has 3 heterocycles. The van der Waals surface area contributed by atoms with E-state index in [1.165, 1.54) is 22.5 Å². The molecule has 1 amide bonds. The zero-order valence-corrected chi connectivity index (χ0v) is 20.3. The molecule has 182 valence electrons. The molecule has 0 N–H and O–H groups in total. The van der Waals surface area contributed by atoms with Crippen LogP contribution in [0.4, 0.5) is 11.5 Å². The first-order valence-electron chi connectivity index (χ1n) is 12.0. The molecular weight excluding hydrogens is 442 g/mol. The van der Waals surface area contributed by atoms with Crippen LogP contribution in [-0.4, -0.2) is 73.8 Å². The summed E-state index contributed by atoms with van der Waals surface area (Å²) in [7, 11) is 3.26. The van der Waals surface area contributed by atoms with Crippen molar-refractivity contribution >= 4 is 28.2 Å². The average molecular weight is 474 g/mol. The lowest BCUT2D eigenvalue weighted by Gasteiger charge is -2.42. The summed E-state index contributed by atoms with van der Waals surface area (Å²) in [6, 6.07) is 15.2. The fourth-order valence-electron chi connectivity index (χ4n) is 5.22. The molecular formula is C27H31N5O3. The second-order valence-corrected chi connectivity index (χ2v) is 8.92. The van der Waals surface area contributed by atoms with Gasteiger partial charge in [0, 0.05) is 49.9 Å². The predicted octanol–water partition coefficient (Wildman–Crippen LogP) is 3.05. The molecule has 1 atom stereocenters. The molecule has 1 aromatic heterocycles. The molecule has 8 nitrogen and oxygen atoms in total. The van der Waals surface area contributed by atoms with E-state index in [2.05, 4.69) is 58.8 Å². The van der Waals surface area contributed by atoms with E-state index in [1.807, 2.05) is 4.90 Å². The molecule has 0 saturated carbocycles. The Hall–Kier alpha value is -3.65. The second kappa shape index (κ2) is 9.92. The highest BCUT2D eigenvalue weighted by molar-refractivity contribution is 5.94. The lowest BCUT2D eigenvalue weighted by molar-refractivity contribution is -0.129. The lowest BCUT2D eigenvalue weighted by atomic mass is 10.0. The van der Waals surface area contributed by atoms with Crippen LogP contribution in [0.3, 0.4) is 0 Å². The lowest BCUT2D eigenvalue weighted by Crippen LogP contribution is -2.57. The van der Waals surface area contributed by atoms with E-state index >= 15 is 0 Å². The van der Waals surface area contributed by atoms with Crippen LogP contribution in [0.1, 0.15) is 11.3 Å². The number of ether oxygens (including phenoxy) is 2. The van der Waals surface area contributed by atoms with Crippen molar-refractivity contribution in [3.63, 3.8) is 0 Å². The molecule has 0 bridgehead atoms. The van der Waals surface area contributed by atoms with Crippen molar-refractivity contribution < 1.29 is 14.3 Å². The van der Waals surface area contributed by atoms with Gasteiger partial charge in [-0.2, -0.15) is 9.97 Å². The number of benzene rings is 2. The van der Waals surface area contributed by atoms with Crippen LogP contribution in [-0.2, 0) is 22.5 Å². The standard InChI is InChI=1S/C27H31N5O3/c1-4-25(33)32-15-14-31(16-20(32)18-34-2)26-22-12-13-30(17-23(22)28-27(29-26)35-3)24-11-7-9-19-8-5-6-10-21(19)24/h4-11,20H,1,12-18H2,2-3H3. The predicted molar refractivity (Wildman–Crippen MR) is 137 cm³/mol. The molecule has 0 radical (unpaired) electrons. The Bertz CT molecular complexity index is 1240. The van der Waals surface area contributed by atoms with E-state index < -0.39 is 0 Å². The van der Waals surface area contributed by atoms with Crippen LogP contribution in [0, 0.1) is 0 Å². The van der Waals surface area contributed by atoms with Gasteiger partial charge in [-0.15, -0.1) is 0 Å². The van der Waals surface area contributed by atoms with Gasteiger partial charge in [0.2, 0.25) is 5.91 Å². The molecule has 1 unspecified atom stereocenters. The van der Waals surface area contributed by atoms with Crippen molar-refractivity contribution in [2.45, 2.75) is 19.0 Å². The first-order chi connectivity index (χ1) is 17.1. The SMILES string of the molecule is C=CC(=O)N1CCN(c2nc(OC)nc3c2CCN(c2cccc4ccccc24)C3)CC1COC. The number of hydrogen-bond acceptors (Lipinski definition) is 7. The maximum atomic E-state index is 12.4. The highest BCUT2D eigenvalue weighted by Crippen LogP contribution is 2.34. The van der Waals surface area contributed by atoms with Crippen molar-refractivity contribution in [2.24, 2.45) is 0 Å². The minimum absolute atomic E-state index is 0.0697. The number of carbonyl (C=O) groups is 1. The van der Waals surface area contributed by atoms with Crippen molar-refractivity contribution in [2.75, 3.05) is 56.8 Å². The van der Waals surface area contributed by atoms with Gasteiger partial charge in [0.25, 0.3) is 0 Å². The van der Waals surface area contributed by atoms with Crippen molar-refractivity contribution in [3.05, 3.63) is 66.4 Å². The van der Waals surface area contributed by atoms with Crippen molar-refractivity contribution in [1.82, 2.24) is 14.9 Å². The number of fused-ring (bicyclic) bond motifs is 2. The van der Waals surface area contributed by atoms with Crippen LogP contribution in [0.15, 0.2) is 55.1 Å². The molecule has 2 aliphatic heterocycles. The number of nitrogens with zero attached hydrogens (tertiary/aromatic N) is 5. The number of amides is 1. The average Bonchev–Trinajstić information content (AvgIpc) is 2.91. The van der Waals surface area contributed by atoms with Crippen LogP contribution < -0.4 is 14.5 Å². The smallest absolute Gasteiger partial charge is 0.318 e. The van der Waals surface area contributed by atoms with Crippen LogP contribution in [0.2, 0.25) is 0 Å². The minimum atomic E-state index is -0.0772. The highest BCUT2D eigenvalue weighted by atomic mass is 16.5. The number of piperazine rings is 1. The Morgan fingerprint density at radius 1 is 1.09 bits per heavy atom. The van der Waals surface area contributed by atoms with E-state index in [1.54, 1.807) is 14.2 Å². The summed E-state index contributed by atoms with van der Waals surface area (Å²) in [6.07, 6.45) is 2.20. The molecule has 0 spiro atoms. The third-order valence-electron chi connectivity index (χ3n) is 6.91. The van der Waals surface area contributed by atoms with E-state index in [9.17, 15) is 4.79 Å². The number of anilines is 2. The molecule has 8 heteroatoms. The first-order valence-corrected chi connectivity index (χ1v) is 12.0. The summed E-state index contributed by atoms with van der Waals surface area (Å²) in [5, 5.41) is 2.47. The van der Waals surface area contributed by atoms with Gasteiger partial charge in [0.1, 0.15) is 5.82 Å². The van der Waals surface area contributed by atoms with Gasteiger partial charge in [0.15, 0.2) is 0 Å². The number of aromatic nitrogens is 2. The van der Waals surface area contributed by atoms with E-state index in [4.69, 9.17) is 19.4 Å². The summed E-state index contributed by atoms with van der Waals surface area (Å²) < 4.78 is 10.9. The molecule has 1 saturated heterocycles. The minimum Gasteiger partial charge on any atom is -0.467 e. The van der Waals surface area contributed by atoms with E-state index in [0.717, 1.165) is 30.0 Å². The topological polar surface area (TPSA) is 71.0 Å². The summed E-state index contributed by atoms with van der Waals surface area (Å²) in [5.41, 5.74) is 3.35. The zero-order valence-electron chi connectivity index (χ0n) is 20.3. The molecule has 2 aromatic carbocycles. The fraction of sp³-hybridized carbons (Fsp3) is 0.370. The molecule has 5 rings (SSSR count). The summed E-state index contributed by atoms with van der Waals surface area (Å²) >= 11 is 0. The largest absolute Gasteiger partial charge is 0.467 e. The first kappa shape index (κ1) is 23.1. The van der Waals surface area contributed by atoms with Crippen LogP contribution in [0.25, 0.3) is 10.8 Å². The van der Waals surface area contributed by atoms with Gasteiger partial charge < -0.3 is 24.2 Å². The Morgan fingerprint density at radius 2 is 1.91 bits per heavy atom. The monoisotopic (exact) mass is 473 g/mol. The van der Waals surface area contributed by atoms with Crippen molar-refractivity contribution in [1.29, 1.82) is 0 Å². The van der Waals surface area contributed by atoms with Crippen LogP contribution >= 0.6 is 0 Å². The molecule has 0 aliphatic carbocycles. The Kier molecular flexibility index (Phi) is 6.55. The normalized spacial score (nSPS) is 17.9. The summed E-state index contributed by atoms with van der Waals surface area (Å²) in [5.74, 6) is 0.830. The van der Waals surface area contributed by atoms with Crippen molar-refractivity contribution in [3.8, 4) is 6.01 Å². The van der Waals surface area contributed by atoms with E-state index in [0.29, 0.717) is 38.8 Å². The maximum Gasteiger partial charge on any atom is 0.318 e. The Morgan fingerprint density at radius 3 is 2.71 bits per heavy atom. The summed E-state index contributed by atoms with van der Waals surface area (Å²) in [6.45, 7) is 7.56. The van der Waals surface area contributed by atoms with Gasteiger partial charge in [-0.3, -0.25) is 4.79 Å². The van der Waals surface area contributed by atoms with Gasteiger partial charge >= 0.3 is 6.01 Å². The van der Waals surface area contributed by atoms with E-state index in [-0.39, 0.29) is 11.9 Å². The van der Waals surface area contributed by atoms with Gasteiger partial charge in [-0.05, 0) is 23.9 Å². The number of carbonyl (C=O) groups excluding carboxylic acids is 1. The molecule has 2 aliphatic rings. The van der Waals surface area contributed by atoms with Gasteiger partial charge in [-0.25, -0.2) is 0 Å². The molecule has 3 aromatic rings. The Labute approximate surface area is 205 Å². The van der Waals surface area contributed by atoms with Gasteiger partial charge in [0.05, 0.1) is 32.0 Å². The molecule has 1 fully saturated rings. The van der Waals surface area contributed by atoms with Crippen LogP contribution in [0.5, 0.6) is 6.01 Å². The second-order valence-electron chi connectivity index (χ2n) is 8.92. The zero-order chi connectivity index (χ0) is 24.4. The van der Waals surface area contributed by atoms with Gasteiger partial charge in [-0.1, -0.05) is 43.0 Å². The number of rotatable bonds is 6. The maximum absolute atomic E-state index is 12.4.